The minimum atomic E-state index is -1.01. The first kappa shape index (κ1) is 17.6. The van der Waals surface area contributed by atoms with E-state index >= 15 is 4.39 Å². The number of aromatic nitrogens is 1. The van der Waals surface area contributed by atoms with Gasteiger partial charge in [0.05, 0.1) is 22.6 Å². The van der Waals surface area contributed by atoms with Gasteiger partial charge in [0.1, 0.15) is 23.6 Å². The number of halogens is 2. The lowest BCUT2D eigenvalue weighted by molar-refractivity contribution is 0.442. The Morgan fingerprint density at radius 3 is 2.71 bits per heavy atom. The number of alkyl halides is 1. The molecule has 2 N–H and O–H groups in total. The number of hydrogen-bond donors (Lipinski definition) is 1. The minimum absolute atomic E-state index is 0.119. The molecule has 1 aliphatic heterocycles. The zero-order valence-electron chi connectivity index (χ0n) is 15.7. The van der Waals surface area contributed by atoms with Gasteiger partial charge in [-0.2, -0.15) is 5.26 Å². The summed E-state index contributed by atoms with van der Waals surface area (Å²) < 4.78 is 30.7. The first-order valence-electron chi connectivity index (χ1n) is 9.80. The molecule has 3 fully saturated rings. The molecule has 5 nitrogen and oxygen atoms in total. The molecule has 0 spiro atoms. The molecular weight excluding hydrogens is 362 g/mol. The van der Waals surface area contributed by atoms with Crippen molar-refractivity contribution in [1.29, 1.82) is 5.26 Å². The molecule has 2 saturated carbocycles. The van der Waals surface area contributed by atoms with Crippen LogP contribution in [0.15, 0.2) is 17.1 Å². The molecule has 28 heavy (non-hydrogen) atoms. The van der Waals surface area contributed by atoms with Gasteiger partial charge in [-0.1, -0.05) is 0 Å². The van der Waals surface area contributed by atoms with Crippen LogP contribution in [0.4, 0.5) is 14.5 Å². The van der Waals surface area contributed by atoms with E-state index in [9.17, 15) is 14.4 Å². The van der Waals surface area contributed by atoms with E-state index in [2.05, 4.69) is 6.07 Å². The van der Waals surface area contributed by atoms with Gasteiger partial charge in [0, 0.05) is 36.8 Å². The fraction of sp³-hybridized carbons (Fsp3) is 0.524. The predicted octanol–water partition coefficient (Wildman–Crippen LogP) is 2.92. The number of rotatable bonds is 3. The Labute approximate surface area is 161 Å². The van der Waals surface area contributed by atoms with E-state index in [1.807, 2.05) is 4.90 Å². The lowest BCUT2D eigenvalue weighted by atomic mass is 9.97. The molecule has 7 heteroatoms. The van der Waals surface area contributed by atoms with Crippen LogP contribution in [0.2, 0.25) is 0 Å². The maximum Gasteiger partial charge on any atom is 0.192 e. The average molecular weight is 384 g/mol. The summed E-state index contributed by atoms with van der Waals surface area (Å²) in [5.41, 5.74) is 6.96. The van der Waals surface area contributed by atoms with Crippen molar-refractivity contribution < 1.29 is 8.78 Å². The van der Waals surface area contributed by atoms with Gasteiger partial charge in [-0.25, -0.2) is 8.78 Å². The topological polar surface area (TPSA) is 75.1 Å². The summed E-state index contributed by atoms with van der Waals surface area (Å²) in [6.45, 7) is 2.85. The lowest BCUT2D eigenvalue weighted by Crippen LogP contribution is -2.35. The zero-order chi connectivity index (χ0) is 19.8. The molecule has 2 aromatic rings. The van der Waals surface area contributed by atoms with Crippen molar-refractivity contribution >= 4 is 16.6 Å². The fourth-order valence-corrected chi connectivity index (χ4v) is 4.72. The Morgan fingerprint density at radius 2 is 2.11 bits per heavy atom. The summed E-state index contributed by atoms with van der Waals surface area (Å²) in [5, 5.41) is 10.1. The molecular formula is C21H22F2N4O. The molecule has 0 unspecified atom stereocenters. The quantitative estimate of drug-likeness (QED) is 0.883. The highest BCUT2D eigenvalue weighted by Crippen LogP contribution is 2.46. The molecule has 2 aliphatic carbocycles. The van der Waals surface area contributed by atoms with Crippen LogP contribution in [0.5, 0.6) is 0 Å². The summed E-state index contributed by atoms with van der Waals surface area (Å²) in [6.07, 6.45) is 3.76. The van der Waals surface area contributed by atoms with Crippen molar-refractivity contribution in [1.82, 2.24) is 4.57 Å². The van der Waals surface area contributed by atoms with Gasteiger partial charge >= 0.3 is 0 Å². The van der Waals surface area contributed by atoms with E-state index in [0.717, 1.165) is 19.3 Å². The summed E-state index contributed by atoms with van der Waals surface area (Å²) in [7, 11) is 0. The number of nitriles is 1. The number of aryl methyl sites for hydroxylation is 1. The second kappa shape index (κ2) is 5.77. The van der Waals surface area contributed by atoms with Crippen LogP contribution < -0.4 is 16.1 Å². The van der Waals surface area contributed by atoms with Crippen molar-refractivity contribution in [2.45, 2.75) is 50.4 Å². The van der Waals surface area contributed by atoms with Gasteiger partial charge in [-0.3, -0.25) is 4.79 Å². The predicted molar refractivity (Wildman–Crippen MR) is 103 cm³/mol. The summed E-state index contributed by atoms with van der Waals surface area (Å²) >= 11 is 0. The van der Waals surface area contributed by atoms with Crippen LogP contribution in [0.1, 0.15) is 42.9 Å². The molecule has 146 valence electrons. The van der Waals surface area contributed by atoms with Crippen molar-refractivity contribution in [3.63, 3.8) is 0 Å². The normalized spacial score (nSPS) is 27.8. The van der Waals surface area contributed by atoms with Crippen molar-refractivity contribution in [2.75, 3.05) is 18.0 Å². The third kappa shape index (κ3) is 2.47. The molecule has 0 amide bonds. The van der Waals surface area contributed by atoms with Gasteiger partial charge in [-0.05, 0) is 38.2 Å². The molecule has 0 radical (unpaired) electrons. The second-order valence-electron chi connectivity index (χ2n) is 8.62. The second-order valence-corrected chi connectivity index (χ2v) is 8.62. The van der Waals surface area contributed by atoms with Gasteiger partial charge < -0.3 is 15.2 Å². The molecule has 3 aliphatic rings. The van der Waals surface area contributed by atoms with E-state index in [0.29, 0.717) is 30.6 Å². The van der Waals surface area contributed by atoms with E-state index in [-0.39, 0.29) is 33.5 Å². The van der Waals surface area contributed by atoms with Crippen LogP contribution in [-0.2, 0) is 0 Å². The van der Waals surface area contributed by atoms with E-state index in [4.69, 9.17) is 5.73 Å². The number of pyridine rings is 1. The average Bonchev–Trinajstić information content (AvgIpc) is 3.53. The van der Waals surface area contributed by atoms with Crippen LogP contribution in [0, 0.1) is 30.0 Å². The number of nitrogens with zero attached hydrogens (tertiary/aromatic N) is 3. The first-order valence-corrected chi connectivity index (χ1v) is 9.80. The summed E-state index contributed by atoms with van der Waals surface area (Å²) in [5.74, 6) is -0.304. The van der Waals surface area contributed by atoms with Gasteiger partial charge in [-0.15, -0.1) is 0 Å². The van der Waals surface area contributed by atoms with Crippen molar-refractivity contribution in [3.8, 4) is 6.07 Å². The fourth-order valence-electron chi connectivity index (χ4n) is 4.72. The largest absolute Gasteiger partial charge is 0.368 e. The number of hydrogen-bond acceptors (Lipinski definition) is 4. The van der Waals surface area contributed by atoms with Crippen LogP contribution in [0.3, 0.4) is 0 Å². The molecule has 3 atom stereocenters. The molecule has 5 rings (SSSR count). The number of nitrogens with two attached hydrogens (primary N) is 1. The monoisotopic (exact) mass is 384 g/mol. The highest BCUT2D eigenvalue weighted by atomic mass is 19.1. The third-order valence-corrected chi connectivity index (χ3v) is 6.71. The smallest absolute Gasteiger partial charge is 0.192 e. The molecule has 2 heterocycles. The Bertz CT molecular complexity index is 1100. The summed E-state index contributed by atoms with van der Waals surface area (Å²) in [4.78, 5) is 14.5. The SMILES string of the molecule is Cc1cn([C@@H]2C[C@@H]2F)c2c(C#N)c(N3CC[C@@H](C4(N)CC4)C3)c(F)cc2c1=O. The van der Waals surface area contributed by atoms with Crippen molar-refractivity contribution in [3.05, 3.63) is 39.4 Å². The number of fused-ring (bicyclic) bond motifs is 1. The minimum Gasteiger partial charge on any atom is -0.368 e. The van der Waals surface area contributed by atoms with Gasteiger partial charge in [0.25, 0.3) is 0 Å². The maximum atomic E-state index is 15.1. The van der Waals surface area contributed by atoms with Gasteiger partial charge in [0.15, 0.2) is 5.43 Å². The Hall–Kier alpha value is -2.46. The number of anilines is 1. The maximum absolute atomic E-state index is 15.1. The Kier molecular flexibility index (Phi) is 3.63. The third-order valence-electron chi connectivity index (χ3n) is 6.71. The van der Waals surface area contributed by atoms with Crippen LogP contribution in [0.25, 0.3) is 10.9 Å². The Morgan fingerprint density at radius 1 is 1.39 bits per heavy atom. The van der Waals surface area contributed by atoms with Crippen LogP contribution >= 0.6 is 0 Å². The summed E-state index contributed by atoms with van der Waals surface area (Å²) in [6, 6.07) is 2.93. The Balaban J connectivity index is 1.70. The highest BCUT2D eigenvalue weighted by Gasteiger charge is 2.48. The van der Waals surface area contributed by atoms with Gasteiger partial charge in [0.2, 0.25) is 0 Å². The van der Waals surface area contributed by atoms with E-state index in [1.54, 1.807) is 17.7 Å². The first-order chi connectivity index (χ1) is 13.3. The zero-order valence-corrected chi connectivity index (χ0v) is 15.7. The van der Waals surface area contributed by atoms with E-state index < -0.39 is 18.0 Å². The van der Waals surface area contributed by atoms with Crippen LogP contribution in [-0.4, -0.2) is 29.4 Å². The molecule has 1 saturated heterocycles. The van der Waals surface area contributed by atoms with Crippen molar-refractivity contribution in [2.24, 2.45) is 11.7 Å². The standard InChI is InChI=1S/C21H22F2N4O/c1-11-9-27(17-7-15(17)22)18-13(20(11)28)6-16(23)19(14(18)8-24)26-5-2-12(10-26)21(25)3-4-21/h6,9,12,15,17H,2-5,7,10,25H2,1H3/t12-,15+,17-/m1/s1. The number of benzene rings is 1. The molecule has 1 aromatic heterocycles. The molecule has 1 aromatic carbocycles. The van der Waals surface area contributed by atoms with E-state index in [1.165, 1.54) is 6.07 Å². The highest BCUT2D eigenvalue weighted by molar-refractivity contribution is 5.91. The molecule has 0 bridgehead atoms. The lowest BCUT2D eigenvalue weighted by Gasteiger charge is -2.24.